The number of nitrogens with one attached hydrogen (secondary N) is 1. The lowest BCUT2D eigenvalue weighted by Crippen LogP contribution is -2.67. The minimum atomic E-state index is -1.16. The van der Waals surface area contributed by atoms with Crippen LogP contribution >= 0.6 is 0 Å². The van der Waals surface area contributed by atoms with Gasteiger partial charge in [0.2, 0.25) is 5.91 Å². The Morgan fingerprint density at radius 2 is 1.53 bits per heavy atom. The van der Waals surface area contributed by atoms with Crippen molar-refractivity contribution in [2.24, 2.45) is 56.7 Å². The summed E-state index contributed by atoms with van der Waals surface area (Å²) in [4.78, 5) is 52.6. The summed E-state index contributed by atoms with van der Waals surface area (Å²) >= 11 is 0. The Labute approximate surface area is 295 Å². The van der Waals surface area contributed by atoms with Crippen LogP contribution < -0.4 is 5.32 Å². The summed E-state index contributed by atoms with van der Waals surface area (Å²) in [5.41, 5.74) is 0.568. The minimum Gasteiger partial charge on any atom is -0.481 e. The van der Waals surface area contributed by atoms with Gasteiger partial charge in [-0.2, -0.15) is 0 Å². The first-order valence-corrected chi connectivity index (χ1v) is 19.8. The van der Waals surface area contributed by atoms with Gasteiger partial charge in [0.05, 0.1) is 17.4 Å². The number of fused-ring (bicyclic) bond motifs is 7. The van der Waals surface area contributed by atoms with Crippen LogP contribution in [0.4, 0.5) is 0 Å². The van der Waals surface area contributed by atoms with Gasteiger partial charge in [0.15, 0.2) is 5.78 Å². The zero-order valence-corrected chi connectivity index (χ0v) is 32.1. The normalized spacial score (nSPS) is 40.6. The van der Waals surface area contributed by atoms with Crippen molar-refractivity contribution >= 4 is 23.6 Å². The Bertz CT molecular complexity index is 1420. The summed E-state index contributed by atoms with van der Waals surface area (Å²) in [6.45, 7) is 19.7. The highest BCUT2D eigenvalue weighted by atomic mass is 16.5. The predicted octanol–water partition coefficient (Wildman–Crippen LogP) is 8.83. The predicted molar refractivity (Wildman–Crippen MR) is 190 cm³/mol. The molecule has 0 heterocycles. The fourth-order valence-electron chi connectivity index (χ4n) is 13.3. The number of aliphatic carboxylic acids is 1. The van der Waals surface area contributed by atoms with Gasteiger partial charge in [-0.3, -0.25) is 19.2 Å². The van der Waals surface area contributed by atoms with Crippen LogP contribution in [0.25, 0.3) is 0 Å². The topological polar surface area (TPSA) is 110 Å². The van der Waals surface area contributed by atoms with E-state index in [2.05, 4.69) is 53.8 Å². The number of carboxylic acids is 1. The van der Waals surface area contributed by atoms with Crippen LogP contribution in [0.1, 0.15) is 159 Å². The molecule has 49 heavy (non-hydrogen) atoms. The molecule has 0 spiro atoms. The van der Waals surface area contributed by atoms with Crippen molar-refractivity contribution in [3.63, 3.8) is 0 Å². The van der Waals surface area contributed by atoms with Gasteiger partial charge in [-0.25, -0.2) is 0 Å². The molecule has 6 aliphatic rings. The molecule has 2 N–H and O–H groups in total. The van der Waals surface area contributed by atoms with Crippen LogP contribution in [0.15, 0.2) is 11.1 Å². The monoisotopic (exact) mass is 679 g/mol. The van der Waals surface area contributed by atoms with Crippen LogP contribution in [0.2, 0.25) is 0 Å². The number of ketones is 1. The lowest BCUT2D eigenvalue weighted by Gasteiger charge is -2.72. The molecule has 7 nitrogen and oxygen atoms in total. The van der Waals surface area contributed by atoms with Crippen molar-refractivity contribution in [2.45, 2.75) is 170 Å². The fraction of sp³-hybridized carbons (Fsp3) is 0.857. The third-order valence-corrected chi connectivity index (χ3v) is 16.1. The Morgan fingerprint density at radius 1 is 0.857 bits per heavy atom. The zero-order chi connectivity index (χ0) is 35.9. The summed E-state index contributed by atoms with van der Waals surface area (Å²) in [5, 5.41) is 13.2. The van der Waals surface area contributed by atoms with Crippen molar-refractivity contribution in [2.75, 3.05) is 0 Å². The lowest BCUT2D eigenvalue weighted by molar-refractivity contribution is -0.232. The smallest absolute Gasteiger partial charge is 0.309 e. The van der Waals surface area contributed by atoms with Crippen LogP contribution in [-0.2, 0) is 23.9 Å². The van der Waals surface area contributed by atoms with E-state index in [1.165, 1.54) is 12.0 Å². The van der Waals surface area contributed by atoms with E-state index in [4.69, 9.17) is 4.74 Å². The zero-order valence-electron chi connectivity index (χ0n) is 32.1. The highest BCUT2D eigenvalue weighted by molar-refractivity contribution is 6.02. The second-order valence-corrected chi connectivity index (χ2v) is 19.8. The summed E-state index contributed by atoms with van der Waals surface area (Å²) < 4.78 is 6.16. The molecule has 0 saturated heterocycles. The van der Waals surface area contributed by atoms with Gasteiger partial charge in [-0.05, 0) is 129 Å². The van der Waals surface area contributed by atoms with Gasteiger partial charge >= 0.3 is 11.9 Å². The summed E-state index contributed by atoms with van der Waals surface area (Å²) in [6.07, 6.45) is 13.4. The third-order valence-electron chi connectivity index (χ3n) is 16.1. The number of allylic oxidation sites excluding steroid dienone is 1. The maximum Gasteiger partial charge on any atom is 0.309 e. The molecule has 0 aromatic rings. The van der Waals surface area contributed by atoms with E-state index < -0.39 is 22.9 Å². The van der Waals surface area contributed by atoms with E-state index in [1.54, 1.807) is 13.8 Å². The first-order valence-electron chi connectivity index (χ1n) is 19.8. The molecule has 0 aliphatic heterocycles. The van der Waals surface area contributed by atoms with E-state index in [0.717, 1.165) is 82.6 Å². The first-order chi connectivity index (χ1) is 22.7. The Kier molecular flexibility index (Phi) is 9.12. The van der Waals surface area contributed by atoms with Crippen LogP contribution in [0.5, 0.6) is 0 Å². The molecule has 6 rings (SSSR count). The number of amides is 1. The maximum atomic E-state index is 13.9. The van der Waals surface area contributed by atoms with Crippen molar-refractivity contribution in [1.82, 2.24) is 5.32 Å². The van der Waals surface area contributed by atoms with Gasteiger partial charge < -0.3 is 15.2 Å². The highest BCUT2D eigenvalue weighted by Crippen LogP contribution is 2.76. The molecule has 6 aliphatic carbocycles. The van der Waals surface area contributed by atoms with Gasteiger partial charge in [0.25, 0.3) is 0 Å². The number of hydrogen-bond acceptors (Lipinski definition) is 5. The van der Waals surface area contributed by atoms with Crippen LogP contribution in [0, 0.1) is 56.7 Å². The number of Topliss-reactive ketones (excluding diaryl/α,β-unsaturated/α-hetero) is 1. The molecular formula is C42H65NO6. The van der Waals surface area contributed by atoms with Crippen LogP contribution in [-0.4, -0.2) is 40.4 Å². The molecule has 8 atom stereocenters. The molecule has 274 valence electrons. The fourth-order valence-corrected chi connectivity index (χ4v) is 13.3. The average molecular weight is 680 g/mol. The van der Waals surface area contributed by atoms with Gasteiger partial charge in [0, 0.05) is 17.8 Å². The van der Waals surface area contributed by atoms with E-state index in [9.17, 15) is 24.3 Å². The molecule has 0 radical (unpaired) electrons. The summed E-state index contributed by atoms with van der Waals surface area (Å²) in [7, 11) is 0. The number of ether oxygens (including phenoxy) is 1. The molecule has 5 fully saturated rings. The number of rotatable bonds is 7. The molecule has 7 heteroatoms. The van der Waals surface area contributed by atoms with Crippen molar-refractivity contribution in [1.29, 1.82) is 0 Å². The van der Waals surface area contributed by atoms with Gasteiger partial charge in [0.1, 0.15) is 6.10 Å². The summed E-state index contributed by atoms with van der Waals surface area (Å²) in [6, 6.07) is 0. The Hall–Kier alpha value is -2.18. The highest BCUT2D eigenvalue weighted by Gasteiger charge is 2.70. The molecule has 0 aromatic carbocycles. The van der Waals surface area contributed by atoms with E-state index in [0.29, 0.717) is 18.3 Å². The second-order valence-electron chi connectivity index (χ2n) is 19.8. The number of hydrogen-bond donors (Lipinski definition) is 2. The molecule has 0 bridgehead atoms. The second kappa shape index (κ2) is 12.2. The molecular weight excluding hydrogens is 614 g/mol. The molecule has 5 saturated carbocycles. The lowest BCUT2D eigenvalue weighted by atomic mass is 9.33. The molecule has 0 aromatic heterocycles. The Morgan fingerprint density at radius 3 is 2.16 bits per heavy atom. The molecule has 1 amide bonds. The standard InChI is InChI=1S/C42H65NO6/c1-25(2)33-28(44)23-42(43-35(46)26-13-11-10-12-14-26)22-21-40(8)27(34(33)42)15-16-30-39(7)19-18-31(49-32(45)24-37(3,4)36(47)48)38(5,6)29(39)17-20-41(30,40)9/h25-27,29-31H,10-24H2,1-9H3,(H,43,46)(H,47,48)/t27?,29?,30?,31-,39-,40+,41+,42+/m0/s1. The van der Waals surface area contributed by atoms with Crippen LogP contribution in [0.3, 0.4) is 0 Å². The number of esters is 1. The molecule has 3 unspecified atom stereocenters. The number of carboxylic acid groups (broad SMARTS) is 1. The SMILES string of the molecule is CC(C)C1=C2C3CCC4[C@@]5(C)CC[C@H](OC(=O)CC(C)(C)C(=O)O)C(C)(C)C5CC[C@@]4(C)[C@]3(C)CC[C@@]2(NC(=O)C2CCCCC2)CC1=O. The van der Waals surface area contributed by atoms with Gasteiger partial charge in [-0.15, -0.1) is 0 Å². The number of carbonyl (C=O) groups is 4. The van der Waals surface area contributed by atoms with Gasteiger partial charge in [-0.1, -0.05) is 67.7 Å². The summed E-state index contributed by atoms with van der Waals surface area (Å²) in [5.74, 6) is 0.406. The quantitative estimate of drug-likeness (QED) is 0.260. The van der Waals surface area contributed by atoms with E-state index in [1.807, 2.05) is 0 Å². The first kappa shape index (κ1) is 36.6. The minimum absolute atomic E-state index is 0.0128. The number of carbonyl (C=O) groups excluding carboxylic acids is 3. The largest absolute Gasteiger partial charge is 0.481 e. The average Bonchev–Trinajstić information content (AvgIpc) is 3.30. The Balaban J connectivity index is 1.28. The van der Waals surface area contributed by atoms with Crippen molar-refractivity contribution in [3.8, 4) is 0 Å². The van der Waals surface area contributed by atoms with Crippen molar-refractivity contribution in [3.05, 3.63) is 11.1 Å². The van der Waals surface area contributed by atoms with E-state index in [-0.39, 0.29) is 63.6 Å². The third kappa shape index (κ3) is 5.56. The van der Waals surface area contributed by atoms with E-state index >= 15 is 0 Å². The van der Waals surface area contributed by atoms with Crippen molar-refractivity contribution < 1.29 is 29.0 Å². The maximum absolute atomic E-state index is 13.9.